The Balaban J connectivity index is 2.42. The average molecular weight is 298 g/mol. The monoisotopic (exact) mass is 298 g/mol. The predicted octanol–water partition coefficient (Wildman–Crippen LogP) is 1.95. The Morgan fingerprint density at radius 2 is 1.95 bits per heavy atom. The molecule has 5 heteroatoms. The molecule has 1 aliphatic heterocycles. The lowest BCUT2D eigenvalue weighted by molar-refractivity contribution is -0.148. The van der Waals surface area contributed by atoms with E-state index in [1.165, 1.54) is 7.11 Å². The molecule has 1 rings (SSSR count). The summed E-state index contributed by atoms with van der Waals surface area (Å²) < 4.78 is 4.84. The van der Waals surface area contributed by atoms with Gasteiger partial charge in [0.25, 0.3) is 0 Å². The van der Waals surface area contributed by atoms with Crippen molar-refractivity contribution in [1.82, 2.24) is 10.2 Å². The molecule has 0 aromatic carbocycles. The topological polar surface area (TPSA) is 58.6 Å². The molecular formula is C16H30N2O3. The van der Waals surface area contributed by atoms with Crippen molar-refractivity contribution in [3.05, 3.63) is 0 Å². The Kier molecular flexibility index (Phi) is 7.72. The molecule has 0 spiro atoms. The molecule has 0 bridgehead atoms. The van der Waals surface area contributed by atoms with E-state index in [1.807, 2.05) is 11.8 Å². The van der Waals surface area contributed by atoms with Gasteiger partial charge in [-0.3, -0.25) is 14.5 Å². The quantitative estimate of drug-likeness (QED) is 0.730. The number of hydrogen-bond donors (Lipinski definition) is 1. The zero-order valence-corrected chi connectivity index (χ0v) is 13.9. The Hall–Kier alpha value is -1.10. The highest BCUT2D eigenvalue weighted by molar-refractivity contribution is 5.80. The first-order chi connectivity index (χ1) is 9.93. The molecular weight excluding hydrogens is 268 g/mol. The summed E-state index contributed by atoms with van der Waals surface area (Å²) in [5.74, 6) is 0.424. The van der Waals surface area contributed by atoms with E-state index < -0.39 is 0 Å². The Morgan fingerprint density at radius 1 is 1.24 bits per heavy atom. The van der Waals surface area contributed by atoms with Gasteiger partial charge in [-0.2, -0.15) is 0 Å². The van der Waals surface area contributed by atoms with Crippen LogP contribution in [0.15, 0.2) is 0 Å². The van der Waals surface area contributed by atoms with Crippen LogP contribution in [0, 0.1) is 5.92 Å². The number of piperidine rings is 1. The average Bonchev–Trinajstić information content (AvgIpc) is 2.44. The fraction of sp³-hybridized carbons (Fsp3) is 0.875. The Bertz CT molecular complexity index is 344. The molecule has 5 nitrogen and oxygen atoms in total. The van der Waals surface area contributed by atoms with Crippen molar-refractivity contribution < 1.29 is 14.3 Å². The summed E-state index contributed by atoms with van der Waals surface area (Å²) in [6.07, 6.45) is 4.93. The lowest BCUT2D eigenvalue weighted by Gasteiger charge is -2.33. The van der Waals surface area contributed by atoms with Gasteiger partial charge in [-0.25, -0.2) is 0 Å². The number of ether oxygens (including phenoxy) is 1. The number of likely N-dealkylation sites (tertiary alicyclic amines) is 1. The largest absolute Gasteiger partial charge is 0.468 e. The van der Waals surface area contributed by atoms with Crippen molar-refractivity contribution in [2.45, 2.75) is 65.0 Å². The van der Waals surface area contributed by atoms with E-state index >= 15 is 0 Å². The van der Waals surface area contributed by atoms with Crippen molar-refractivity contribution in [2.24, 2.45) is 5.92 Å². The maximum Gasteiger partial charge on any atom is 0.323 e. The molecule has 122 valence electrons. The summed E-state index contributed by atoms with van der Waals surface area (Å²) in [5, 5.41) is 3.03. The van der Waals surface area contributed by atoms with Crippen LogP contribution in [0.1, 0.15) is 52.9 Å². The van der Waals surface area contributed by atoms with E-state index in [4.69, 9.17) is 4.74 Å². The van der Waals surface area contributed by atoms with Gasteiger partial charge in [-0.1, -0.05) is 20.3 Å². The van der Waals surface area contributed by atoms with Crippen molar-refractivity contribution in [3.8, 4) is 0 Å². The van der Waals surface area contributed by atoms with Crippen molar-refractivity contribution >= 4 is 11.9 Å². The summed E-state index contributed by atoms with van der Waals surface area (Å²) in [6.45, 7) is 7.47. The van der Waals surface area contributed by atoms with Gasteiger partial charge in [-0.05, 0) is 45.1 Å². The van der Waals surface area contributed by atoms with E-state index in [2.05, 4.69) is 19.2 Å². The van der Waals surface area contributed by atoms with Crippen molar-refractivity contribution in [2.75, 3.05) is 20.2 Å². The number of rotatable bonds is 7. The number of hydrogen-bond acceptors (Lipinski definition) is 4. The number of nitrogens with one attached hydrogen (secondary N) is 1. The van der Waals surface area contributed by atoms with Crippen LogP contribution >= 0.6 is 0 Å². The zero-order valence-electron chi connectivity index (χ0n) is 13.9. The first-order valence-electron chi connectivity index (χ1n) is 8.05. The fourth-order valence-electron chi connectivity index (χ4n) is 2.74. The Labute approximate surface area is 128 Å². The van der Waals surface area contributed by atoms with E-state index in [9.17, 15) is 9.59 Å². The molecule has 1 heterocycles. The van der Waals surface area contributed by atoms with Gasteiger partial charge in [0.2, 0.25) is 5.91 Å². The molecule has 0 saturated carbocycles. The van der Waals surface area contributed by atoms with Gasteiger partial charge in [0.1, 0.15) is 6.04 Å². The van der Waals surface area contributed by atoms with Gasteiger partial charge in [0, 0.05) is 6.04 Å². The van der Waals surface area contributed by atoms with E-state index in [1.54, 1.807) is 0 Å². The molecule has 0 aromatic heterocycles. The molecule has 1 aliphatic rings. The van der Waals surface area contributed by atoms with Crippen LogP contribution in [-0.2, 0) is 14.3 Å². The minimum absolute atomic E-state index is 0.00191. The van der Waals surface area contributed by atoms with Crippen LogP contribution in [0.2, 0.25) is 0 Å². The van der Waals surface area contributed by atoms with Crippen LogP contribution in [0.25, 0.3) is 0 Å². The first kappa shape index (κ1) is 18.0. The van der Waals surface area contributed by atoms with Gasteiger partial charge < -0.3 is 10.1 Å². The number of nitrogens with zero attached hydrogens (tertiary/aromatic N) is 1. The molecule has 1 amide bonds. The summed E-state index contributed by atoms with van der Waals surface area (Å²) in [6, 6.07) is -0.0817. The van der Waals surface area contributed by atoms with Crippen LogP contribution in [0.5, 0.6) is 0 Å². The molecule has 2 unspecified atom stereocenters. The second-order valence-corrected chi connectivity index (χ2v) is 6.44. The Morgan fingerprint density at radius 3 is 2.57 bits per heavy atom. The van der Waals surface area contributed by atoms with Gasteiger partial charge in [-0.15, -0.1) is 0 Å². The third kappa shape index (κ3) is 6.46. The van der Waals surface area contributed by atoms with E-state index in [-0.39, 0.29) is 30.5 Å². The lowest BCUT2D eigenvalue weighted by Crippen LogP contribution is -2.50. The zero-order chi connectivity index (χ0) is 15.8. The molecule has 21 heavy (non-hydrogen) atoms. The molecule has 1 saturated heterocycles. The van der Waals surface area contributed by atoms with Crippen LogP contribution in [-0.4, -0.2) is 49.1 Å². The minimum Gasteiger partial charge on any atom is -0.468 e. The van der Waals surface area contributed by atoms with Crippen molar-refractivity contribution in [1.29, 1.82) is 0 Å². The second-order valence-electron chi connectivity index (χ2n) is 6.44. The summed E-state index contributed by atoms with van der Waals surface area (Å²) >= 11 is 0. The molecule has 0 aromatic rings. The maximum atomic E-state index is 12.1. The van der Waals surface area contributed by atoms with Crippen molar-refractivity contribution in [3.63, 3.8) is 0 Å². The van der Waals surface area contributed by atoms with Crippen LogP contribution in [0.4, 0.5) is 0 Å². The first-order valence-corrected chi connectivity index (χ1v) is 8.05. The summed E-state index contributed by atoms with van der Waals surface area (Å²) in [4.78, 5) is 25.8. The number of methoxy groups -OCH3 is 1. The fourth-order valence-corrected chi connectivity index (χ4v) is 2.74. The van der Waals surface area contributed by atoms with E-state index in [0.717, 1.165) is 38.6 Å². The molecule has 1 N–H and O–H groups in total. The smallest absolute Gasteiger partial charge is 0.323 e. The highest BCUT2D eigenvalue weighted by Gasteiger charge is 2.30. The summed E-state index contributed by atoms with van der Waals surface area (Å²) in [7, 11) is 1.41. The standard InChI is InChI=1S/C16H30N2O3/c1-12(2)8-9-13(3)17-15(19)11-18-10-6-5-7-14(18)16(20)21-4/h12-14H,5-11H2,1-4H3,(H,17,19). The molecule has 1 fully saturated rings. The summed E-state index contributed by atoms with van der Waals surface area (Å²) in [5.41, 5.74) is 0. The van der Waals surface area contributed by atoms with Crippen LogP contribution in [0.3, 0.4) is 0 Å². The third-order valence-electron chi connectivity index (χ3n) is 4.02. The van der Waals surface area contributed by atoms with Gasteiger partial charge in [0.15, 0.2) is 0 Å². The number of carbonyl (C=O) groups excluding carboxylic acids is 2. The molecule has 0 radical (unpaired) electrons. The van der Waals surface area contributed by atoms with Gasteiger partial charge in [0.05, 0.1) is 13.7 Å². The SMILES string of the molecule is COC(=O)C1CCCCN1CC(=O)NC(C)CCC(C)C. The van der Waals surface area contributed by atoms with Crippen LogP contribution < -0.4 is 5.32 Å². The third-order valence-corrected chi connectivity index (χ3v) is 4.02. The van der Waals surface area contributed by atoms with Gasteiger partial charge >= 0.3 is 5.97 Å². The predicted molar refractivity (Wildman–Crippen MR) is 82.9 cm³/mol. The minimum atomic E-state index is -0.263. The van der Waals surface area contributed by atoms with E-state index in [0.29, 0.717) is 5.92 Å². The lowest BCUT2D eigenvalue weighted by atomic mass is 10.0. The maximum absolute atomic E-state index is 12.1. The molecule has 0 aliphatic carbocycles. The number of amides is 1. The normalized spacial score (nSPS) is 21.1. The second kappa shape index (κ2) is 9.03. The highest BCUT2D eigenvalue weighted by atomic mass is 16.5. The molecule has 2 atom stereocenters. The highest BCUT2D eigenvalue weighted by Crippen LogP contribution is 2.17. The number of esters is 1. The number of carbonyl (C=O) groups is 2.